The van der Waals surface area contributed by atoms with Crippen molar-refractivity contribution in [3.8, 4) is 5.75 Å². The van der Waals surface area contributed by atoms with E-state index < -0.39 is 24.5 Å². The van der Waals surface area contributed by atoms with Gasteiger partial charge in [-0.15, -0.1) is 0 Å². The normalized spacial score (nSPS) is 11.3. The smallest absolute Gasteiger partial charge is 0.330 e. The van der Waals surface area contributed by atoms with Crippen molar-refractivity contribution in [2.75, 3.05) is 59.9 Å². The van der Waals surface area contributed by atoms with Crippen LogP contribution >= 0.6 is 0 Å². The van der Waals surface area contributed by atoms with Crippen LogP contribution in [-0.2, 0) is 35.1 Å². The van der Waals surface area contributed by atoms with E-state index in [1.165, 1.54) is 7.11 Å². The van der Waals surface area contributed by atoms with Gasteiger partial charge in [0, 0.05) is 4.91 Å². The molecule has 12 heteroatoms. The minimum Gasteiger partial charge on any atom is -0.491 e. The summed E-state index contributed by atoms with van der Waals surface area (Å²) in [5.41, 5.74) is 9.05. The molecule has 172 valence electrons. The summed E-state index contributed by atoms with van der Waals surface area (Å²) < 4.78 is 26.2. The lowest BCUT2D eigenvalue weighted by Crippen LogP contribution is -2.45. The fourth-order valence-corrected chi connectivity index (χ4v) is 2.27. The molecule has 1 rings (SSSR count). The molecular weight excluding hydrogens is 412 g/mol. The Bertz CT molecular complexity index is 712. The van der Waals surface area contributed by atoms with E-state index in [9.17, 15) is 9.59 Å². The van der Waals surface area contributed by atoms with Crippen LogP contribution in [-0.4, -0.2) is 82.9 Å². The van der Waals surface area contributed by atoms with Crippen LogP contribution < -0.4 is 10.1 Å². The van der Waals surface area contributed by atoms with Crippen molar-refractivity contribution in [2.45, 2.75) is 12.6 Å². The monoisotopic (exact) mass is 440 g/mol. The van der Waals surface area contributed by atoms with Crippen molar-refractivity contribution in [2.24, 2.45) is 5.11 Å². The van der Waals surface area contributed by atoms with Gasteiger partial charge in [0.25, 0.3) is 0 Å². The van der Waals surface area contributed by atoms with Crippen LogP contribution in [0, 0.1) is 0 Å². The highest BCUT2D eigenvalue weighted by Gasteiger charge is 2.21. The predicted octanol–water partition coefficient (Wildman–Crippen LogP) is 0.576. The van der Waals surface area contributed by atoms with Gasteiger partial charge in [-0.3, -0.25) is 4.79 Å². The number of azide groups is 1. The van der Waals surface area contributed by atoms with Crippen LogP contribution in [0.15, 0.2) is 29.4 Å². The maximum Gasteiger partial charge on any atom is 0.330 e. The molecule has 31 heavy (non-hydrogen) atoms. The number of methoxy groups -OCH3 is 1. The van der Waals surface area contributed by atoms with Crippen LogP contribution in [0.2, 0.25) is 0 Å². The lowest BCUT2D eigenvalue weighted by Gasteiger charge is -2.16. The summed E-state index contributed by atoms with van der Waals surface area (Å²) >= 11 is 0. The minimum atomic E-state index is -1.02. The molecule has 0 radical (unpaired) electrons. The lowest BCUT2D eigenvalue weighted by molar-refractivity contribution is -0.146. The molecule has 1 amide bonds. The molecule has 0 spiro atoms. The second-order valence-corrected chi connectivity index (χ2v) is 5.99. The SMILES string of the molecule is COC(=O)[C@H](COCc1cccc(OCCOCCOCCO)c1)NC(=O)CN=[N+]=[N-]. The molecule has 0 bridgehead atoms. The average molecular weight is 440 g/mol. The summed E-state index contributed by atoms with van der Waals surface area (Å²) in [4.78, 5) is 25.9. The topological polar surface area (TPSA) is 161 Å². The largest absolute Gasteiger partial charge is 0.491 e. The molecule has 0 saturated carbocycles. The number of carbonyl (C=O) groups excluding carboxylic acids is 2. The Balaban J connectivity index is 2.37. The minimum absolute atomic E-state index is 0.0153. The first-order chi connectivity index (χ1) is 15.1. The van der Waals surface area contributed by atoms with Gasteiger partial charge < -0.3 is 34.1 Å². The van der Waals surface area contributed by atoms with E-state index in [0.717, 1.165) is 5.56 Å². The lowest BCUT2D eigenvalue weighted by atomic mass is 10.2. The van der Waals surface area contributed by atoms with Crippen molar-refractivity contribution in [1.29, 1.82) is 0 Å². The molecule has 1 atom stereocenters. The van der Waals surface area contributed by atoms with Crippen molar-refractivity contribution in [3.63, 3.8) is 0 Å². The molecule has 0 aliphatic carbocycles. The van der Waals surface area contributed by atoms with Gasteiger partial charge in [-0.25, -0.2) is 4.79 Å². The molecule has 0 unspecified atom stereocenters. The van der Waals surface area contributed by atoms with Crippen LogP contribution in [0.4, 0.5) is 0 Å². The maximum atomic E-state index is 11.8. The molecule has 0 aliphatic rings. The highest BCUT2D eigenvalue weighted by molar-refractivity contribution is 5.85. The van der Waals surface area contributed by atoms with Gasteiger partial charge in [0.1, 0.15) is 18.9 Å². The number of rotatable bonds is 17. The molecule has 1 aromatic rings. The van der Waals surface area contributed by atoms with E-state index in [0.29, 0.717) is 32.2 Å². The molecule has 12 nitrogen and oxygen atoms in total. The summed E-state index contributed by atoms with van der Waals surface area (Å²) in [6.07, 6.45) is 0. The summed E-state index contributed by atoms with van der Waals surface area (Å²) in [5.74, 6) is -0.657. The number of ether oxygens (including phenoxy) is 5. The fourth-order valence-electron chi connectivity index (χ4n) is 2.27. The fraction of sp³-hybridized carbons (Fsp3) is 0.579. The zero-order valence-corrected chi connectivity index (χ0v) is 17.4. The first-order valence-electron chi connectivity index (χ1n) is 9.54. The van der Waals surface area contributed by atoms with Crippen LogP contribution in [0.5, 0.6) is 5.75 Å². The first kappa shape index (κ1) is 26.1. The van der Waals surface area contributed by atoms with Gasteiger partial charge in [-0.05, 0) is 23.2 Å². The van der Waals surface area contributed by atoms with E-state index in [1.54, 1.807) is 18.2 Å². The van der Waals surface area contributed by atoms with Gasteiger partial charge in [0.15, 0.2) is 6.04 Å². The van der Waals surface area contributed by atoms with Crippen molar-refractivity contribution < 1.29 is 38.4 Å². The van der Waals surface area contributed by atoms with Crippen molar-refractivity contribution >= 4 is 11.9 Å². The quantitative estimate of drug-likeness (QED) is 0.117. The van der Waals surface area contributed by atoms with Gasteiger partial charge >= 0.3 is 5.97 Å². The number of aliphatic hydroxyl groups excluding tert-OH is 1. The molecule has 1 aromatic carbocycles. The van der Waals surface area contributed by atoms with E-state index in [4.69, 9.17) is 29.6 Å². The molecule has 0 aromatic heterocycles. The molecule has 0 saturated heterocycles. The van der Waals surface area contributed by atoms with Crippen LogP contribution in [0.1, 0.15) is 5.56 Å². The number of hydrogen-bond donors (Lipinski definition) is 2. The van der Waals surface area contributed by atoms with E-state index >= 15 is 0 Å². The highest BCUT2D eigenvalue weighted by atomic mass is 16.5. The average Bonchev–Trinajstić information content (AvgIpc) is 2.78. The van der Waals surface area contributed by atoms with Gasteiger partial charge in [-0.2, -0.15) is 0 Å². The summed E-state index contributed by atoms with van der Waals surface area (Å²) in [7, 11) is 1.20. The van der Waals surface area contributed by atoms with E-state index in [-0.39, 0.29) is 26.4 Å². The van der Waals surface area contributed by atoms with E-state index in [1.807, 2.05) is 6.07 Å². The number of nitrogens with zero attached hydrogens (tertiary/aromatic N) is 3. The number of carbonyl (C=O) groups is 2. The third-order valence-electron chi connectivity index (χ3n) is 3.65. The predicted molar refractivity (Wildman–Crippen MR) is 108 cm³/mol. The third kappa shape index (κ3) is 12.4. The van der Waals surface area contributed by atoms with Gasteiger partial charge in [0.2, 0.25) is 5.91 Å². The number of amides is 1. The standard InChI is InChI=1S/C19H28N4O8/c1-27-19(26)17(22-18(25)12-21-23-20)14-30-13-15-3-2-4-16(11-15)31-10-9-29-8-7-28-6-5-24/h2-4,11,17,24H,5-10,12-14H2,1H3,(H,22,25)/t17-/m0/s1. The molecule has 2 N–H and O–H groups in total. The summed E-state index contributed by atoms with van der Waals surface area (Å²) in [6, 6.07) is 6.19. The Kier molecular flexibility index (Phi) is 14.2. The summed E-state index contributed by atoms with van der Waals surface area (Å²) in [6.45, 7) is 1.47. The third-order valence-corrected chi connectivity index (χ3v) is 3.65. The first-order valence-corrected chi connectivity index (χ1v) is 9.54. The highest BCUT2D eigenvalue weighted by Crippen LogP contribution is 2.14. The van der Waals surface area contributed by atoms with Crippen molar-refractivity contribution in [1.82, 2.24) is 5.32 Å². The van der Waals surface area contributed by atoms with Crippen LogP contribution in [0.25, 0.3) is 10.4 Å². The zero-order valence-electron chi connectivity index (χ0n) is 17.4. The number of esters is 1. The number of nitrogens with one attached hydrogen (secondary N) is 1. The van der Waals surface area contributed by atoms with E-state index in [2.05, 4.69) is 20.1 Å². The van der Waals surface area contributed by atoms with Gasteiger partial charge in [0.05, 0.1) is 53.4 Å². The Hall–Kier alpha value is -2.89. The maximum absolute atomic E-state index is 11.8. The summed E-state index contributed by atoms with van der Waals surface area (Å²) in [5, 5.41) is 14.1. The van der Waals surface area contributed by atoms with Gasteiger partial charge in [-0.1, -0.05) is 17.2 Å². The Morgan fingerprint density at radius 3 is 2.61 bits per heavy atom. The Labute approximate surface area is 180 Å². The van der Waals surface area contributed by atoms with Crippen LogP contribution in [0.3, 0.4) is 0 Å². The second-order valence-electron chi connectivity index (χ2n) is 5.99. The molecule has 0 heterocycles. The molecule has 0 fully saturated rings. The van der Waals surface area contributed by atoms with Crippen molar-refractivity contribution in [3.05, 3.63) is 40.3 Å². The number of benzene rings is 1. The molecular formula is C19H28N4O8. The Morgan fingerprint density at radius 2 is 1.90 bits per heavy atom. The number of hydrogen-bond acceptors (Lipinski definition) is 9. The molecule has 0 aliphatic heterocycles. The zero-order chi connectivity index (χ0) is 22.7. The Morgan fingerprint density at radius 1 is 1.16 bits per heavy atom. The second kappa shape index (κ2) is 16.9. The number of aliphatic hydroxyl groups is 1.